The van der Waals surface area contributed by atoms with Gasteiger partial charge in [-0.05, 0) is 25.5 Å². The fourth-order valence-electron chi connectivity index (χ4n) is 2.48. The van der Waals surface area contributed by atoms with Gasteiger partial charge in [0.1, 0.15) is 4.90 Å². The molecule has 0 spiro atoms. The van der Waals surface area contributed by atoms with Crippen LogP contribution in [-0.2, 0) is 14.8 Å². The molecule has 2 rings (SSSR count). The molecule has 9 heteroatoms. The van der Waals surface area contributed by atoms with Gasteiger partial charge in [0.25, 0.3) is 0 Å². The molecule has 1 atom stereocenters. The average Bonchev–Trinajstić information content (AvgIpc) is 2.53. The number of piperazine rings is 1. The Labute approximate surface area is 154 Å². The minimum absolute atomic E-state index is 0. The van der Waals surface area contributed by atoms with Crippen molar-refractivity contribution < 1.29 is 13.2 Å². The number of benzene rings is 1. The molecule has 1 fully saturated rings. The van der Waals surface area contributed by atoms with Crippen LogP contribution < -0.4 is 5.73 Å². The number of hydrogen-bond donors (Lipinski definition) is 1. The summed E-state index contributed by atoms with van der Waals surface area (Å²) in [6, 6.07) is 6.38. The normalized spacial score (nSPS) is 17.2. The molecule has 6 nitrogen and oxygen atoms in total. The highest BCUT2D eigenvalue weighted by Crippen LogP contribution is 2.25. The molecule has 1 aliphatic heterocycles. The predicted molar refractivity (Wildman–Crippen MR) is 96.9 cm³/mol. The van der Waals surface area contributed by atoms with Gasteiger partial charge in [-0.2, -0.15) is 4.31 Å². The smallest absolute Gasteiger partial charge is 0.244 e. The molecule has 1 aliphatic rings. The summed E-state index contributed by atoms with van der Waals surface area (Å²) in [5, 5.41) is 0.211. The van der Waals surface area contributed by atoms with Crippen LogP contribution in [0.2, 0.25) is 5.02 Å². The highest BCUT2D eigenvalue weighted by molar-refractivity contribution is 7.89. The van der Waals surface area contributed by atoms with Crippen LogP contribution in [0, 0.1) is 0 Å². The fraction of sp³-hybridized carbons (Fsp3) is 0.533. The zero-order valence-corrected chi connectivity index (χ0v) is 15.9. The molecule has 0 aromatic heterocycles. The molecular formula is C15H23Cl2N3O3S. The Morgan fingerprint density at radius 2 is 1.83 bits per heavy atom. The van der Waals surface area contributed by atoms with Gasteiger partial charge in [-0.3, -0.25) is 4.79 Å². The third kappa shape index (κ3) is 5.07. The topological polar surface area (TPSA) is 83.7 Å². The maximum atomic E-state index is 12.6. The first-order valence-corrected chi connectivity index (χ1v) is 9.42. The molecule has 24 heavy (non-hydrogen) atoms. The Morgan fingerprint density at radius 3 is 2.38 bits per heavy atom. The van der Waals surface area contributed by atoms with Crippen molar-refractivity contribution in [2.24, 2.45) is 5.73 Å². The van der Waals surface area contributed by atoms with E-state index in [-0.39, 0.29) is 47.4 Å². The summed E-state index contributed by atoms with van der Waals surface area (Å²) >= 11 is 6.00. The summed E-state index contributed by atoms with van der Waals surface area (Å²) < 4.78 is 26.6. The Morgan fingerprint density at radius 1 is 1.25 bits per heavy atom. The highest BCUT2D eigenvalue weighted by atomic mass is 35.5. The van der Waals surface area contributed by atoms with Crippen molar-refractivity contribution in [1.82, 2.24) is 9.21 Å². The largest absolute Gasteiger partial charge is 0.340 e. The maximum absolute atomic E-state index is 12.6. The third-order valence-corrected chi connectivity index (χ3v) is 6.26. The number of hydrogen-bond acceptors (Lipinski definition) is 4. The summed E-state index contributed by atoms with van der Waals surface area (Å²) in [5.41, 5.74) is 5.66. The second-order valence-electron chi connectivity index (χ2n) is 5.73. The van der Waals surface area contributed by atoms with Gasteiger partial charge in [0.05, 0.1) is 5.02 Å². The minimum Gasteiger partial charge on any atom is -0.340 e. The van der Waals surface area contributed by atoms with E-state index in [4.69, 9.17) is 17.3 Å². The first kappa shape index (κ1) is 21.2. The lowest BCUT2D eigenvalue weighted by Crippen LogP contribution is -2.50. The second kappa shape index (κ2) is 9.01. The van der Waals surface area contributed by atoms with Gasteiger partial charge in [-0.1, -0.05) is 23.7 Å². The Kier molecular flexibility index (Phi) is 7.95. The average molecular weight is 396 g/mol. The SMILES string of the molecule is CC(N)CCC(=O)N1CCN(S(=O)(=O)c2ccccc2Cl)CC1.Cl. The molecular weight excluding hydrogens is 373 g/mol. The number of sulfonamides is 1. The van der Waals surface area contributed by atoms with E-state index in [2.05, 4.69) is 0 Å². The van der Waals surface area contributed by atoms with Gasteiger partial charge in [-0.15, -0.1) is 12.4 Å². The van der Waals surface area contributed by atoms with Gasteiger partial charge < -0.3 is 10.6 Å². The van der Waals surface area contributed by atoms with E-state index in [1.807, 2.05) is 6.92 Å². The number of halogens is 2. The summed E-state index contributed by atoms with van der Waals surface area (Å²) in [4.78, 5) is 13.9. The van der Waals surface area contributed by atoms with E-state index < -0.39 is 10.0 Å². The zero-order valence-electron chi connectivity index (χ0n) is 13.5. The Balaban J connectivity index is 0.00000288. The monoisotopic (exact) mass is 395 g/mol. The van der Waals surface area contributed by atoms with Crippen LogP contribution in [0.15, 0.2) is 29.2 Å². The second-order valence-corrected chi connectivity index (χ2v) is 8.04. The lowest BCUT2D eigenvalue weighted by atomic mass is 10.2. The minimum atomic E-state index is -3.62. The van der Waals surface area contributed by atoms with E-state index in [0.717, 1.165) is 0 Å². The van der Waals surface area contributed by atoms with Gasteiger partial charge in [0, 0.05) is 38.6 Å². The van der Waals surface area contributed by atoms with Crippen molar-refractivity contribution in [1.29, 1.82) is 0 Å². The highest BCUT2D eigenvalue weighted by Gasteiger charge is 2.31. The summed E-state index contributed by atoms with van der Waals surface area (Å²) in [7, 11) is -3.62. The molecule has 1 saturated heterocycles. The number of rotatable bonds is 5. The van der Waals surface area contributed by atoms with E-state index in [1.165, 1.54) is 10.4 Å². The third-order valence-electron chi connectivity index (χ3n) is 3.86. The molecule has 1 aromatic carbocycles. The van der Waals surface area contributed by atoms with Crippen molar-refractivity contribution in [2.75, 3.05) is 26.2 Å². The molecule has 0 aliphatic carbocycles. The molecule has 0 saturated carbocycles. The number of nitrogens with zero attached hydrogens (tertiary/aromatic N) is 2. The van der Waals surface area contributed by atoms with E-state index in [1.54, 1.807) is 23.1 Å². The first-order valence-electron chi connectivity index (χ1n) is 7.60. The Bertz CT molecular complexity index is 660. The van der Waals surface area contributed by atoms with E-state index in [0.29, 0.717) is 25.9 Å². The fourth-order valence-corrected chi connectivity index (χ4v) is 4.40. The van der Waals surface area contributed by atoms with Crippen molar-refractivity contribution in [3.8, 4) is 0 Å². The molecule has 1 amide bonds. The molecule has 1 aromatic rings. The standard InChI is InChI=1S/C15H22ClN3O3S.ClH/c1-12(17)6-7-15(20)18-8-10-19(11-9-18)23(21,22)14-5-3-2-4-13(14)16;/h2-5,12H,6-11,17H2,1H3;1H. The molecule has 1 heterocycles. The predicted octanol–water partition coefficient (Wildman–Crippen LogP) is 1.72. The number of nitrogens with two attached hydrogens (primary N) is 1. The van der Waals surface area contributed by atoms with Crippen molar-refractivity contribution >= 4 is 39.9 Å². The van der Waals surface area contributed by atoms with Crippen LogP contribution in [-0.4, -0.2) is 55.8 Å². The molecule has 2 N–H and O–H groups in total. The first-order chi connectivity index (χ1) is 10.8. The molecule has 0 bridgehead atoms. The Hall–Kier alpha value is -0.860. The molecule has 1 unspecified atom stereocenters. The van der Waals surface area contributed by atoms with Crippen LogP contribution >= 0.6 is 24.0 Å². The number of carbonyl (C=O) groups excluding carboxylic acids is 1. The van der Waals surface area contributed by atoms with Crippen molar-refractivity contribution in [3.05, 3.63) is 29.3 Å². The van der Waals surface area contributed by atoms with Crippen LogP contribution in [0.3, 0.4) is 0 Å². The van der Waals surface area contributed by atoms with Crippen LogP contribution in [0.1, 0.15) is 19.8 Å². The van der Waals surface area contributed by atoms with Gasteiger partial charge >= 0.3 is 0 Å². The van der Waals surface area contributed by atoms with Gasteiger partial charge in [-0.25, -0.2) is 8.42 Å². The molecule has 0 radical (unpaired) electrons. The van der Waals surface area contributed by atoms with Crippen molar-refractivity contribution in [3.63, 3.8) is 0 Å². The molecule has 136 valence electrons. The van der Waals surface area contributed by atoms with Gasteiger partial charge in [0.15, 0.2) is 0 Å². The lowest BCUT2D eigenvalue weighted by Gasteiger charge is -2.34. The maximum Gasteiger partial charge on any atom is 0.244 e. The zero-order chi connectivity index (χ0) is 17.0. The number of carbonyl (C=O) groups is 1. The van der Waals surface area contributed by atoms with Crippen LogP contribution in [0.5, 0.6) is 0 Å². The van der Waals surface area contributed by atoms with Crippen LogP contribution in [0.4, 0.5) is 0 Å². The van der Waals surface area contributed by atoms with Gasteiger partial charge in [0.2, 0.25) is 15.9 Å². The summed E-state index contributed by atoms with van der Waals surface area (Å²) in [6.45, 7) is 3.19. The lowest BCUT2D eigenvalue weighted by molar-refractivity contribution is -0.132. The van der Waals surface area contributed by atoms with Crippen LogP contribution in [0.25, 0.3) is 0 Å². The summed E-state index contributed by atoms with van der Waals surface area (Å²) in [5.74, 6) is 0.0251. The number of amides is 1. The van der Waals surface area contributed by atoms with Crippen molar-refractivity contribution in [2.45, 2.75) is 30.7 Å². The summed E-state index contributed by atoms with van der Waals surface area (Å²) in [6.07, 6.45) is 1.03. The quantitative estimate of drug-likeness (QED) is 0.822. The van der Waals surface area contributed by atoms with E-state index in [9.17, 15) is 13.2 Å². The van der Waals surface area contributed by atoms with E-state index >= 15 is 0 Å².